The molecular weight excluding hydrogens is 192 g/mol. The lowest BCUT2D eigenvalue weighted by atomic mass is 10.1. The number of nitrogens with one attached hydrogen (secondary N) is 2. The summed E-state index contributed by atoms with van der Waals surface area (Å²) >= 11 is 0. The Hall–Kier alpha value is -0.870. The lowest BCUT2D eigenvalue weighted by Gasteiger charge is -2.31. The van der Waals surface area contributed by atoms with Crippen molar-refractivity contribution in [2.45, 2.75) is 32.4 Å². The summed E-state index contributed by atoms with van der Waals surface area (Å²) in [6.07, 6.45) is 0.889. The molecule has 0 spiro atoms. The van der Waals surface area contributed by atoms with Crippen LogP contribution < -0.4 is 10.6 Å². The van der Waals surface area contributed by atoms with E-state index in [-0.39, 0.29) is 18.0 Å². The number of rotatable bonds is 4. The fourth-order valence-corrected chi connectivity index (χ4v) is 1.62. The van der Waals surface area contributed by atoms with Gasteiger partial charge in [0.1, 0.15) is 0 Å². The van der Waals surface area contributed by atoms with Crippen molar-refractivity contribution in [3.63, 3.8) is 0 Å². The molecule has 86 valence electrons. The topological polar surface area (TPSA) is 50.4 Å². The Labute approximate surface area is 91.1 Å². The van der Waals surface area contributed by atoms with Crippen LogP contribution in [0.2, 0.25) is 0 Å². The van der Waals surface area contributed by atoms with Crippen molar-refractivity contribution in [3.05, 3.63) is 12.2 Å². The van der Waals surface area contributed by atoms with Gasteiger partial charge in [0.2, 0.25) is 5.91 Å². The summed E-state index contributed by atoms with van der Waals surface area (Å²) < 4.78 is 5.37. The molecule has 1 heterocycles. The molecule has 1 aliphatic rings. The maximum atomic E-state index is 11.5. The average Bonchev–Trinajstić information content (AvgIpc) is 2.26. The van der Waals surface area contributed by atoms with E-state index < -0.39 is 0 Å². The van der Waals surface area contributed by atoms with Gasteiger partial charge >= 0.3 is 0 Å². The van der Waals surface area contributed by atoms with Crippen LogP contribution in [0.5, 0.6) is 0 Å². The number of hydrogen-bond acceptors (Lipinski definition) is 3. The molecule has 15 heavy (non-hydrogen) atoms. The van der Waals surface area contributed by atoms with Crippen molar-refractivity contribution in [1.29, 1.82) is 0 Å². The number of hydrogen-bond donors (Lipinski definition) is 2. The molecule has 2 atom stereocenters. The molecule has 1 fully saturated rings. The minimum absolute atomic E-state index is 0.0748. The van der Waals surface area contributed by atoms with Crippen molar-refractivity contribution in [3.8, 4) is 0 Å². The molecule has 4 nitrogen and oxygen atoms in total. The monoisotopic (exact) mass is 212 g/mol. The summed E-state index contributed by atoms with van der Waals surface area (Å²) in [5, 5.41) is 6.30. The third-order valence-corrected chi connectivity index (χ3v) is 2.58. The van der Waals surface area contributed by atoms with Gasteiger partial charge in [0, 0.05) is 18.2 Å². The zero-order valence-electron chi connectivity index (χ0n) is 9.51. The summed E-state index contributed by atoms with van der Waals surface area (Å²) in [7, 11) is 0. The van der Waals surface area contributed by atoms with Crippen LogP contribution in [-0.2, 0) is 9.53 Å². The largest absolute Gasteiger partial charge is 0.378 e. The average molecular weight is 212 g/mol. The van der Waals surface area contributed by atoms with E-state index in [4.69, 9.17) is 4.74 Å². The van der Waals surface area contributed by atoms with Gasteiger partial charge < -0.3 is 15.4 Å². The van der Waals surface area contributed by atoms with Crippen LogP contribution in [0, 0.1) is 0 Å². The van der Waals surface area contributed by atoms with Crippen molar-refractivity contribution >= 4 is 5.91 Å². The van der Waals surface area contributed by atoms with Crippen molar-refractivity contribution in [2.75, 3.05) is 19.8 Å². The fraction of sp³-hybridized carbons (Fsp3) is 0.727. The molecule has 4 heteroatoms. The quantitative estimate of drug-likeness (QED) is 0.665. The third kappa shape index (κ3) is 3.64. The second-order valence-corrected chi connectivity index (χ2v) is 3.90. The molecule has 0 aromatic rings. The van der Waals surface area contributed by atoms with E-state index in [0.29, 0.717) is 12.2 Å². The van der Waals surface area contributed by atoms with Crippen LogP contribution in [-0.4, -0.2) is 37.7 Å². The van der Waals surface area contributed by atoms with Gasteiger partial charge in [-0.15, -0.1) is 0 Å². The predicted molar refractivity (Wildman–Crippen MR) is 59.6 cm³/mol. The zero-order chi connectivity index (χ0) is 11.3. The summed E-state index contributed by atoms with van der Waals surface area (Å²) in [6, 6.07) is 0.335. The fourth-order valence-electron chi connectivity index (χ4n) is 1.62. The van der Waals surface area contributed by atoms with Crippen LogP contribution in [0.3, 0.4) is 0 Å². The molecule has 0 saturated carbocycles. The molecule has 0 radical (unpaired) electrons. The van der Waals surface area contributed by atoms with Gasteiger partial charge in [-0.05, 0) is 13.3 Å². The third-order valence-electron chi connectivity index (χ3n) is 2.58. The minimum Gasteiger partial charge on any atom is -0.378 e. The lowest BCUT2D eigenvalue weighted by molar-refractivity contribution is -0.118. The van der Waals surface area contributed by atoms with Gasteiger partial charge in [0.25, 0.3) is 0 Å². The Kier molecular flexibility index (Phi) is 4.78. The van der Waals surface area contributed by atoms with Crippen molar-refractivity contribution < 1.29 is 9.53 Å². The molecule has 0 bridgehead atoms. The van der Waals surface area contributed by atoms with Gasteiger partial charge in [-0.3, -0.25) is 4.79 Å². The highest BCUT2D eigenvalue weighted by atomic mass is 16.5. The normalized spacial score (nSPS) is 23.2. The Morgan fingerprint density at radius 2 is 2.47 bits per heavy atom. The first kappa shape index (κ1) is 12.2. The highest BCUT2D eigenvalue weighted by molar-refractivity contribution is 5.92. The molecule has 0 aliphatic carbocycles. The predicted octanol–water partition coefficient (Wildman–Crippen LogP) is 0.446. The number of carbonyl (C=O) groups is 1. The summed E-state index contributed by atoms with van der Waals surface area (Å²) in [5.74, 6) is -0.0748. The van der Waals surface area contributed by atoms with Crippen molar-refractivity contribution in [1.82, 2.24) is 10.6 Å². The number of amides is 1. The standard InChI is InChI=1S/C11H20N2O2/c1-4-9(13-11(14)8(2)3)10-7-15-6-5-12-10/h9-10,12H,2,4-7H2,1,3H3,(H,13,14). The van der Waals surface area contributed by atoms with Crippen LogP contribution in [0.25, 0.3) is 0 Å². The maximum Gasteiger partial charge on any atom is 0.246 e. The molecule has 2 unspecified atom stereocenters. The second kappa shape index (κ2) is 5.88. The van der Waals surface area contributed by atoms with Crippen LogP contribution in [0.1, 0.15) is 20.3 Å². The van der Waals surface area contributed by atoms with E-state index >= 15 is 0 Å². The van der Waals surface area contributed by atoms with Gasteiger partial charge in [-0.25, -0.2) is 0 Å². The first-order valence-corrected chi connectivity index (χ1v) is 5.42. The SMILES string of the molecule is C=C(C)C(=O)NC(CC)C1COCCN1. The second-order valence-electron chi connectivity index (χ2n) is 3.90. The van der Waals surface area contributed by atoms with Gasteiger partial charge in [0.05, 0.1) is 19.3 Å². The number of ether oxygens (including phenoxy) is 1. The molecular formula is C11H20N2O2. The minimum atomic E-state index is -0.0748. The maximum absolute atomic E-state index is 11.5. The summed E-state index contributed by atoms with van der Waals surface area (Å²) in [4.78, 5) is 11.5. The highest BCUT2D eigenvalue weighted by Crippen LogP contribution is 2.04. The highest BCUT2D eigenvalue weighted by Gasteiger charge is 2.23. The van der Waals surface area contributed by atoms with E-state index in [1.807, 2.05) is 0 Å². The Bertz CT molecular complexity index is 235. The van der Waals surface area contributed by atoms with Crippen LogP contribution in [0.4, 0.5) is 0 Å². The van der Waals surface area contributed by atoms with E-state index in [2.05, 4.69) is 24.1 Å². The van der Waals surface area contributed by atoms with E-state index in [1.165, 1.54) is 0 Å². The molecule has 1 rings (SSSR count). The molecule has 0 aromatic heterocycles. The zero-order valence-corrected chi connectivity index (χ0v) is 9.51. The molecule has 1 saturated heterocycles. The van der Waals surface area contributed by atoms with E-state index in [0.717, 1.165) is 19.6 Å². The Morgan fingerprint density at radius 1 is 1.73 bits per heavy atom. The number of morpholine rings is 1. The molecule has 0 aromatic carbocycles. The summed E-state index contributed by atoms with van der Waals surface area (Å²) in [5.41, 5.74) is 0.546. The van der Waals surface area contributed by atoms with Crippen LogP contribution in [0.15, 0.2) is 12.2 Å². The smallest absolute Gasteiger partial charge is 0.246 e. The molecule has 1 amide bonds. The van der Waals surface area contributed by atoms with E-state index in [1.54, 1.807) is 6.92 Å². The Balaban J connectivity index is 2.46. The Morgan fingerprint density at radius 3 is 2.93 bits per heavy atom. The number of carbonyl (C=O) groups excluding carboxylic acids is 1. The van der Waals surface area contributed by atoms with Gasteiger partial charge in [0.15, 0.2) is 0 Å². The lowest BCUT2D eigenvalue weighted by Crippen LogP contribution is -2.55. The molecule has 1 aliphatic heterocycles. The van der Waals surface area contributed by atoms with Gasteiger partial charge in [-0.1, -0.05) is 13.5 Å². The summed E-state index contributed by atoms with van der Waals surface area (Å²) in [6.45, 7) is 9.66. The van der Waals surface area contributed by atoms with Gasteiger partial charge in [-0.2, -0.15) is 0 Å². The molecule has 2 N–H and O–H groups in total. The van der Waals surface area contributed by atoms with Crippen molar-refractivity contribution in [2.24, 2.45) is 0 Å². The first-order chi connectivity index (χ1) is 7.15. The first-order valence-electron chi connectivity index (χ1n) is 5.42. The van der Waals surface area contributed by atoms with E-state index in [9.17, 15) is 4.79 Å². The van der Waals surface area contributed by atoms with Crippen LogP contribution >= 0.6 is 0 Å².